The van der Waals surface area contributed by atoms with Gasteiger partial charge in [-0.1, -0.05) is 6.07 Å². The third kappa shape index (κ3) is 11.5. The summed E-state index contributed by atoms with van der Waals surface area (Å²) in [7, 11) is 1.51. The van der Waals surface area contributed by atoms with Gasteiger partial charge in [0.2, 0.25) is 0 Å². The fourth-order valence-corrected chi connectivity index (χ4v) is 9.82. The van der Waals surface area contributed by atoms with Crippen LogP contribution in [0.2, 0.25) is 0 Å². The van der Waals surface area contributed by atoms with Gasteiger partial charge in [0.1, 0.15) is 71.1 Å². The molecule has 0 radical (unpaired) electrons. The number of imidazole rings is 3. The minimum absolute atomic E-state index is 0.200. The van der Waals surface area contributed by atoms with Crippen molar-refractivity contribution in [3.63, 3.8) is 0 Å². The number of anilines is 3. The number of rotatable bonds is 13. The first-order valence-electron chi connectivity index (χ1n) is 25.7. The van der Waals surface area contributed by atoms with Crippen LogP contribution in [-0.4, -0.2) is 184 Å². The van der Waals surface area contributed by atoms with Gasteiger partial charge in [0.25, 0.3) is 17.7 Å². The molecule has 12 atom stereocenters. The van der Waals surface area contributed by atoms with Crippen molar-refractivity contribution >= 4 is 68.4 Å². The van der Waals surface area contributed by atoms with Crippen molar-refractivity contribution in [2.24, 2.45) is 0 Å². The van der Waals surface area contributed by atoms with Crippen molar-refractivity contribution in [3.05, 3.63) is 145 Å². The Morgan fingerprint density at radius 2 is 1.01 bits per heavy atom. The summed E-state index contributed by atoms with van der Waals surface area (Å²) in [4.78, 5) is 70.4. The lowest BCUT2D eigenvalue weighted by molar-refractivity contribution is -0.0489. The fourth-order valence-electron chi connectivity index (χ4n) is 9.82. The van der Waals surface area contributed by atoms with E-state index in [1.165, 1.54) is 76.8 Å². The van der Waals surface area contributed by atoms with Gasteiger partial charge in [0.05, 0.1) is 81.0 Å². The maximum absolute atomic E-state index is 13.0. The number of nitrogen functional groups attached to an aromatic ring is 3. The van der Waals surface area contributed by atoms with Gasteiger partial charge < -0.3 is 82.7 Å². The van der Waals surface area contributed by atoms with E-state index in [1.54, 1.807) is 54.7 Å². The van der Waals surface area contributed by atoms with Gasteiger partial charge in [-0.15, -0.1) is 0 Å². The first-order chi connectivity index (χ1) is 40.6. The van der Waals surface area contributed by atoms with Crippen LogP contribution in [0, 0.1) is 5.82 Å². The van der Waals surface area contributed by atoms with Crippen molar-refractivity contribution in [1.82, 2.24) is 69.5 Å². The van der Waals surface area contributed by atoms with Gasteiger partial charge in [-0.3, -0.25) is 33.1 Å². The van der Waals surface area contributed by atoms with Crippen molar-refractivity contribution in [1.29, 1.82) is 0 Å². The first-order valence-corrected chi connectivity index (χ1v) is 25.7. The van der Waals surface area contributed by atoms with E-state index in [0.29, 0.717) is 61.7 Å². The summed E-state index contributed by atoms with van der Waals surface area (Å²) in [5.41, 5.74) is 21.9. The number of nitrogens with one attached hydrogen (secondary N) is 3. The van der Waals surface area contributed by atoms with Crippen LogP contribution in [0.5, 0.6) is 5.75 Å². The van der Waals surface area contributed by atoms with E-state index >= 15 is 0 Å². The zero-order chi connectivity index (χ0) is 59.3. The predicted molar refractivity (Wildman–Crippen MR) is 292 cm³/mol. The van der Waals surface area contributed by atoms with Crippen LogP contribution in [0.25, 0.3) is 33.5 Å². The molecule has 0 spiro atoms. The Labute approximate surface area is 473 Å². The highest BCUT2D eigenvalue weighted by Crippen LogP contribution is 2.35. The molecule has 12 rings (SSSR count). The number of hydrogen-bond donors (Lipinski definition) is 12. The number of aliphatic hydroxyl groups excluding tert-OH is 6. The molecule has 9 aromatic rings. The Hall–Kier alpha value is -9.44. The molecule has 31 heteroatoms. The number of benzene rings is 2. The number of pyridine rings is 3. The smallest absolute Gasteiger partial charge is 0.253 e. The van der Waals surface area contributed by atoms with Gasteiger partial charge in [0.15, 0.2) is 41.4 Å². The molecule has 438 valence electrons. The van der Waals surface area contributed by atoms with E-state index in [1.807, 2.05) is 0 Å². The maximum atomic E-state index is 13.0. The van der Waals surface area contributed by atoms with Gasteiger partial charge in [-0.25, -0.2) is 39.3 Å². The third-order valence-electron chi connectivity index (χ3n) is 14.1. The zero-order valence-corrected chi connectivity index (χ0v) is 44.2. The Kier molecular flexibility index (Phi) is 17.2. The molecule has 3 amide bonds. The van der Waals surface area contributed by atoms with Crippen LogP contribution in [0.4, 0.5) is 21.6 Å². The fraction of sp³-hybridized carbons (Fsp3) is 0.302. The molecule has 2 aromatic carbocycles. The molecule has 3 saturated heterocycles. The molecule has 3 unspecified atom stereocenters. The minimum atomic E-state index is -1.19. The highest BCUT2D eigenvalue weighted by Gasteiger charge is 2.48. The van der Waals surface area contributed by atoms with Crippen LogP contribution >= 0.6 is 0 Å². The summed E-state index contributed by atoms with van der Waals surface area (Å²) in [6.45, 7) is -1.21. The van der Waals surface area contributed by atoms with Crippen molar-refractivity contribution < 1.29 is 68.4 Å². The second kappa shape index (κ2) is 25.0. The lowest BCUT2D eigenvalue weighted by atomic mass is 10.1. The Morgan fingerprint density at radius 1 is 0.560 bits per heavy atom. The number of ether oxygens (including phenoxy) is 4. The van der Waals surface area contributed by atoms with Crippen LogP contribution in [0.15, 0.2) is 123 Å². The molecule has 15 N–H and O–H groups in total. The lowest BCUT2D eigenvalue weighted by Crippen LogP contribution is -2.48. The molecule has 30 nitrogen and oxygen atoms in total. The van der Waals surface area contributed by atoms with E-state index in [2.05, 4.69) is 55.8 Å². The highest BCUT2D eigenvalue weighted by atomic mass is 19.1. The number of aromatic nitrogens is 11. The molecule has 0 aliphatic carbocycles. The quantitative estimate of drug-likeness (QED) is 0.0667. The number of halogens is 1. The average Bonchev–Trinajstić information content (AvgIpc) is 3.71. The van der Waals surface area contributed by atoms with Crippen LogP contribution in [0.3, 0.4) is 0 Å². The number of amides is 3. The van der Waals surface area contributed by atoms with E-state index in [4.69, 9.17) is 36.1 Å². The highest BCUT2D eigenvalue weighted by molar-refractivity contribution is 5.96. The number of hydrogen-bond acceptors (Lipinski definition) is 24. The summed E-state index contributed by atoms with van der Waals surface area (Å²) in [6, 6.07) is 15.5. The Balaban J connectivity index is 0.000000140. The van der Waals surface area contributed by atoms with Gasteiger partial charge in [0, 0.05) is 35.9 Å². The molecule has 10 heterocycles. The largest absolute Gasteiger partial charge is 0.497 e. The molecule has 0 saturated carbocycles. The molecule has 3 fully saturated rings. The first kappa shape index (κ1) is 57.8. The van der Waals surface area contributed by atoms with Crippen LogP contribution in [0.1, 0.15) is 49.8 Å². The van der Waals surface area contributed by atoms with Crippen molar-refractivity contribution in [3.8, 4) is 5.75 Å². The molecule has 0 bridgehead atoms. The summed E-state index contributed by atoms with van der Waals surface area (Å²) in [6.07, 6.45) is 2.85. The number of carbonyl (C=O) groups is 3. The van der Waals surface area contributed by atoms with Gasteiger partial charge >= 0.3 is 0 Å². The van der Waals surface area contributed by atoms with Crippen LogP contribution < -0.4 is 37.9 Å². The summed E-state index contributed by atoms with van der Waals surface area (Å²) in [5, 5.41) is 69.5. The minimum Gasteiger partial charge on any atom is -0.497 e. The Morgan fingerprint density at radius 3 is 1.48 bits per heavy atom. The van der Waals surface area contributed by atoms with E-state index in [0.717, 1.165) is 12.1 Å². The number of methoxy groups -OCH3 is 1. The van der Waals surface area contributed by atoms with E-state index in [-0.39, 0.29) is 11.4 Å². The lowest BCUT2D eigenvalue weighted by Gasteiger charge is -2.21. The average molecular weight is 1160 g/mol. The second-order valence-electron chi connectivity index (χ2n) is 19.2. The summed E-state index contributed by atoms with van der Waals surface area (Å²) >= 11 is 0. The van der Waals surface area contributed by atoms with Crippen molar-refractivity contribution in [2.45, 2.75) is 73.4 Å². The van der Waals surface area contributed by atoms with Gasteiger partial charge in [-0.2, -0.15) is 0 Å². The number of carbonyl (C=O) groups excluding carboxylic acids is 3. The number of nitrogens with zero attached hydrogens (tertiary/aromatic N) is 11. The zero-order valence-electron chi connectivity index (χ0n) is 44.2. The number of fused-ring (bicyclic) bond motifs is 3. The molecular weight excluding hydrogens is 1100 g/mol. The third-order valence-corrected chi connectivity index (χ3v) is 14.1. The molecule has 84 heavy (non-hydrogen) atoms. The topological polar surface area (TPSA) is 442 Å². The second-order valence-corrected chi connectivity index (χ2v) is 19.2. The molecule has 7 aromatic heterocycles. The summed E-state index contributed by atoms with van der Waals surface area (Å²) < 4.78 is 40.0. The number of nitrogens with two attached hydrogens (primary N) is 3. The molecule has 3 aliphatic rings. The van der Waals surface area contributed by atoms with E-state index in [9.17, 15) is 49.4 Å². The van der Waals surface area contributed by atoms with Crippen LogP contribution in [-0.2, 0) is 14.2 Å². The van der Waals surface area contributed by atoms with E-state index < -0.39 is 117 Å². The monoisotopic (exact) mass is 1160 g/mol. The normalized spacial score (nSPS) is 24.5. The van der Waals surface area contributed by atoms with Crippen molar-refractivity contribution in [2.75, 3.05) is 44.1 Å². The van der Waals surface area contributed by atoms with Gasteiger partial charge in [-0.05, 0) is 66.7 Å². The summed E-state index contributed by atoms with van der Waals surface area (Å²) in [5.74, 6) is -1.11. The molecular formula is C53H56FN17O13. The number of aliphatic hydroxyl groups is 6. The standard InChI is InChI=1S/C19H21N5O5.C18H18FN5O4.C16H17N7O4/c1-28-11-4-2-3-10(7-11)18(27)23-15-13(8-25)29-19(16(15)26)24-9-22-14-12(20)5-6-21-17(14)24;19-10-3-1-9(2-4-10)17(27)23-14-12(7-25)28-18(15(14)26)24-8-22-13-11(20)5-6-21-16(13)24;17-13-11-14(20-6-19-13)23(7-21-11)16-12(25)10(9(5-24)27-16)22-15(26)8-2-1-3-18-4-8/h2-7,9,13,15-16,19,25-26H,8H2,1H3,(H2,20,21)(H,23,27);1-6,8,12,14-15,18,25-26H,7H2,(H2,20,21)(H,23,27);1-4,6-7,9-10,12,16,24-25H,5H2,(H,22,26)(H2,17,19,20)/t13-,15+,16?,19-;12-,14+,15?,18-;9-,10+,12?,16-/m111/s1. The Bertz CT molecular complexity index is 3780. The predicted octanol–water partition coefficient (Wildman–Crippen LogP) is -0.874. The maximum Gasteiger partial charge on any atom is 0.253 e. The SMILES string of the molecule is COc1cccc(C(=O)N[C@@H]2C(O)[C@H](n3cnc4c(N)ccnc43)O[C@@H]2CO)c1.Nc1ccnc2c1ncn2[C@@H]1O[C@H](CO)[C@H](NC(=O)c2ccc(F)cc2)C1O.Nc1ncnc2c1ncn2[C@@H]1O[C@H](CO)[C@H](NC(=O)c2cccnc2)C1O. The molecule has 3 aliphatic heterocycles.